The predicted octanol–water partition coefficient (Wildman–Crippen LogP) is 5.77. The molecule has 4 aliphatic rings. The standard InChI is InChI=1S/C25H34F3N3O/c1-24(2)18-9-8-17(22(24)15-18)16-31(4)12-10-21(11-13-31)30(3)23(32)29-20-7-5-6-19(14-20)25(26,27)28/h5-8,14,18,21-22H,9-13,15-16H2,1-4H3/p+1. The monoisotopic (exact) mass is 450 g/mol. The molecule has 2 atom stereocenters. The van der Waals surface area contributed by atoms with Crippen molar-refractivity contribution in [3.8, 4) is 0 Å². The molecule has 5 rings (SSSR count). The Bertz CT molecular complexity index is 900. The number of benzene rings is 1. The Balaban J connectivity index is 1.32. The highest BCUT2D eigenvalue weighted by molar-refractivity contribution is 5.89. The zero-order valence-electron chi connectivity index (χ0n) is 19.5. The van der Waals surface area contributed by atoms with Crippen LogP contribution in [0.15, 0.2) is 35.9 Å². The Morgan fingerprint density at radius 1 is 1.25 bits per heavy atom. The first-order valence-corrected chi connectivity index (χ1v) is 11.6. The molecule has 0 radical (unpaired) electrons. The van der Waals surface area contributed by atoms with Crippen LogP contribution in [0, 0.1) is 17.3 Å². The molecule has 32 heavy (non-hydrogen) atoms. The van der Waals surface area contributed by atoms with Crippen LogP contribution < -0.4 is 5.32 Å². The van der Waals surface area contributed by atoms with E-state index in [-0.39, 0.29) is 17.8 Å². The number of amides is 2. The Hall–Kier alpha value is -2.02. The van der Waals surface area contributed by atoms with Gasteiger partial charge in [0.05, 0.1) is 25.7 Å². The first-order valence-electron chi connectivity index (χ1n) is 11.6. The molecule has 7 heteroatoms. The number of carbonyl (C=O) groups is 1. The fourth-order valence-electron chi connectivity index (χ4n) is 5.97. The number of piperidine rings is 1. The second kappa shape index (κ2) is 8.08. The van der Waals surface area contributed by atoms with Crippen LogP contribution in [0.2, 0.25) is 0 Å². The number of hydrogen-bond acceptors (Lipinski definition) is 1. The summed E-state index contributed by atoms with van der Waals surface area (Å²) in [5, 5.41) is 2.63. The average Bonchev–Trinajstić information content (AvgIpc) is 2.73. The number of halogens is 3. The smallest absolute Gasteiger partial charge is 0.324 e. The second-order valence-corrected chi connectivity index (χ2v) is 10.9. The number of carbonyl (C=O) groups excluding carboxylic acids is 1. The summed E-state index contributed by atoms with van der Waals surface area (Å²) in [6.07, 6.45) is 2.38. The number of nitrogens with zero attached hydrogens (tertiary/aromatic N) is 2. The molecule has 2 unspecified atom stereocenters. The number of anilines is 1. The number of alkyl halides is 3. The van der Waals surface area contributed by atoms with E-state index in [1.54, 1.807) is 17.5 Å². The van der Waals surface area contributed by atoms with Crippen LogP contribution in [0.25, 0.3) is 0 Å². The largest absolute Gasteiger partial charge is 0.416 e. The van der Waals surface area contributed by atoms with Gasteiger partial charge in [-0.25, -0.2) is 4.79 Å². The maximum atomic E-state index is 12.9. The van der Waals surface area contributed by atoms with Gasteiger partial charge >= 0.3 is 12.2 Å². The molecule has 1 N–H and O–H groups in total. The summed E-state index contributed by atoms with van der Waals surface area (Å²) in [6, 6.07) is 4.52. The quantitative estimate of drug-likeness (QED) is 0.458. The molecule has 1 saturated heterocycles. The first-order chi connectivity index (χ1) is 14.9. The molecule has 4 nitrogen and oxygen atoms in total. The number of fused-ring (bicyclic) bond motifs is 1. The van der Waals surface area contributed by atoms with Crippen molar-refractivity contribution in [2.24, 2.45) is 17.3 Å². The number of rotatable bonds is 4. The number of hydrogen-bond donors (Lipinski definition) is 1. The SMILES string of the molecule is CN(C(=O)Nc1cccc(C(F)(F)F)c1)C1CC[N+](C)(CC2=CCC3CC2C3(C)C)CC1. The molecule has 1 aliphatic heterocycles. The van der Waals surface area contributed by atoms with Gasteiger partial charge in [-0.3, -0.25) is 0 Å². The van der Waals surface area contributed by atoms with E-state index in [0.29, 0.717) is 5.41 Å². The lowest BCUT2D eigenvalue weighted by Gasteiger charge is -2.57. The zero-order chi connectivity index (χ0) is 23.3. The van der Waals surface area contributed by atoms with Crippen molar-refractivity contribution in [3.63, 3.8) is 0 Å². The van der Waals surface area contributed by atoms with Gasteiger partial charge in [-0.05, 0) is 53.9 Å². The number of allylic oxidation sites excluding steroid dienone is 1. The van der Waals surface area contributed by atoms with Gasteiger partial charge in [0.1, 0.15) is 6.54 Å². The summed E-state index contributed by atoms with van der Waals surface area (Å²) >= 11 is 0. The van der Waals surface area contributed by atoms with Crippen LogP contribution in [-0.4, -0.2) is 55.2 Å². The molecule has 176 valence electrons. The van der Waals surface area contributed by atoms with Crippen LogP contribution in [0.5, 0.6) is 0 Å². The van der Waals surface area contributed by atoms with E-state index in [2.05, 4.69) is 32.3 Å². The molecule has 1 aromatic carbocycles. The molecular weight excluding hydrogens is 415 g/mol. The number of nitrogens with one attached hydrogen (secondary N) is 1. The minimum atomic E-state index is -4.43. The lowest BCUT2D eigenvalue weighted by Crippen LogP contribution is -2.58. The van der Waals surface area contributed by atoms with Crippen molar-refractivity contribution >= 4 is 11.7 Å². The Kier molecular flexibility index (Phi) is 5.85. The van der Waals surface area contributed by atoms with E-state index in [1.807, 2.05) is 0 Å². The lowest BCUT2D eigenvalue weighted by molar-refractivity contribution is -0.910. The van der Waals surface area contributed by atoms with Crippen molar-refractivity contribution in [1.82, 2.24) is 4.90 Å². The van der Waals surface area contributed by atoms with Gasteiger partial charge < -0.3 is 14.7 Å². The van der Waals surface area contributed by atoms with E-state index >= 15 is 0 Å². The fourth-order valence-corrected chi connectivity index (χ4v) is 5.97. The van der Waals surface area contributed by atoms with Gasteiger partial charge in [0, 0.05) is 31.6 Å². The zero-order valence-corrected chi connectivity index (χ0v) is 19.5. The normalized spacial score (nSPS) is 31.3. The van der Waals surface area contributed by atoms with Crippen molar-refractivity contribution in [3.05, 3.63) is 41.5 Å². The maximum absolute atomic E-state index is 12.9. The molecule has 1 saturated carbocycles. The third-order valence-corrected chi connectivity index (χ3v) is 8.46. The highest BCUT2D eigenvalue weighted by Gasteiger charge is 2.52. The van der Waals surface area contributed by atoms with Gasteiger partial charge in [-0.1, -0.05) is 26.0 Å². The highest BCUT2D eigenvalue weighted by atomic mass is 19.4. The third kappa shape index (κ3) is 4.41. The minimum Gasteiger partial charge on any atom is -0.324 e. The average molecular weight is 451 g/mol. The summed E-state index contributed by atoms with van der Waals surface area (Å²) in [5.41, 5.74) is 1.46. The van der Waals surface area contributed by atoms with Gasteiger partial charge in [0.15, 0.2) is 0 Å². The summed E-state index contributed by atoms with van der Waals surface area (Å²) in [5.74, 6) is 1.56. The third-order valence-electron chi connectivity index (χ3n) is 8.46. The molecule has 2 amide bonds. The number of likely N-dealkylation sites (tertiary alicyclic amines) is 1. The lowest BCUT2D eigenvalue weighted by atomic mass is 9.49. The molecule has 2 fully saturated rings. The summed E-state index contributed by atoms with van der Waals surface area (Å²) in [7, 11) is 4.06. The van der Waals surface area contributed by atoms with Gasteiger partial charge in [-0.15, -0.1) is 0 Å². The van der Waals surface area contributed by atoms with E-state index in [1.165, 1.54) is 25.0 Å². The number of quaternary nitrogens is 1. The molecular formula is C25H35F3N3O+. The summed E-state index contributed by atoms with van der Waals surface area (Å²) in [6.45, 7) is 7.90. The Morgan fingerprint density at radius 3 is 2.53 bits per heavy atom. The summed E-state index contributed by atoms with van der Waals surface area (Å²) < 4.78 is 39.8. The van der Waals surface area contributed by atoms with Gasteiger partial charge in [-0.2, -0.15) is 13.2 Å². The molecule has 1 aromatic rings. The molecule has 1 heterocycles. The van der Waals surface area contributed by atoms with Gasteiger partial charge in [0.25, 0.3) is 0 Å². The van der Waals surface area contributed by atoms with E-state index in [0.717, 1.165) is 60.9 Å². The fraction of sp³-hybridized carbons (Fsp3) is 0.640. The number of likely N-dealkylation sites (N-methyl/N-ethyl adjacent to an activating group) is 1. The predicted molar refractivity (Wildman–Crippen MR) is 120 cm³/mol. The van der Waals surface area contributed by atoms with Crippen molar-refractivity contribution in [2.75, 3.05) is 39.0 Å². The van der Waals surface area contributed by atoms with Crippen LogP contribution >= 0.6 is 0 Å². The summed E-state index contributed by atoms with van der Waals surface area (Å²) in [4.78, 5) is 14.3. The minimum absolute atomic E-state index is 0.0943. The second-order valence-electron chi connectivity index (χ2n) is 10.9. The molecule has 2 bridgehead atoms. The van der Waals surface area contributed by atoms with Crippen LogP contribution in [0.4, 0.5) is 23.7 Å². The van der Waals surface area contributed by atoms with E-state index in [9.17, 15) is 18.0 Å². The Labute approximate surface area is 189 Å². The molecule has 0 spiro atoms. The van der Waals surface area contributed by atoms with Crippen molar-refractivity contribution < 1.29 is 22.4 Å². The maximum Gasteiger partial charge on any atom is 0.416 e. The Morgan fingerprint density at radius 2 is 1.94 bits per heavy atom. The van der Waals surface area contributed by atoms with E-state index in [4.69, 9.17) is 0 Å². The first kappa shape index (κ1) is 23.1. The molecule has 0 aromatic heterocycles. The van der Waals surface area contributed by atoms with Gasteiger partial charge in [0.2, 0.25) is 0 Å². The molecule has 3 aliphatic carbocycles. The highest BCUT2D eigenvalue weighted by Crippen LogP contribution is 2.59. The van der Waals surface area contributed by atoms with Crippen molar-refractivity contribution in [1.29, 1.82) is 0 Å². The van der Waals surface area contributed by atoms with E-state index < -0.39 is 11.7 Å². The van der Waals surface area contributed by atoms with Crippen LogP contribution in [0.3, 0.4) is 0 Å². The van der Waals surface area contributed by atoms with Crippen LogP contribution in [-0.2, 0) is 6.18 Å². The number of urea groups is 1. The van der Waals surface area contributed by atoms with Crippen molar-refractivity contribution in [2.45, 2.75) is 51.7 Å². The topological polar surface area (TPSA) is 32.3 Å². The van der Waals surface area contributed by atoms with Crippen LogP contribution in [0.1, 0.15) is 45.1 Å².